The Morgan fingerprint density at radius 3 is 1.58 bits per heavy atom. The predicted molar refractivity (Wildman–Crippen MR) is 42.3 cm³/mol. The third kappa shape index (κ3) is 59.6. The number of ether oxygens (including phenoxy) is 1. The number of hydrogen-bond donors (Lipinski definition) is 0. The molecule has 0 amide bonds. The molecule has 0 aromatic carbocycles. The van der Waals surface area contributed by atoms with Crippen LogP contribution in [0.5, 0.6) is 0 Å². The molecular weight excluding hydrogens is 190 g/mol. The third-order valence-electron chi connectivity index (χ3n) is 0.471. The molecule has 0 bridgehead atoms. The van der Waals surface area contributed by atoms with E-state index in [1.165, 1.54) is 0 Å². The second-order valence-electron chi connectivity index (χ2n) is 1.49. The van der Waals surface area contributed by atoms with Crippen LogP contribution in [0.2, 0.25) is 0 Å². The molecule has 0 saturated carbocycles. The standard InChI is InChI=1S/C6H10O.F2O2S/c1-3-5-7-6-4-2;1-5(2,3)4/h3-4H,1-2,5-6H2;. The van der Waals surface area contributed by atoms with Gasteiger partial charge < -0.3 is 4.74 Å². The van der Waals surface area contributed by atoms with Crippen molar-refractivity contribution < 1.29 is 20.9 Å². The molecule has 0 spiro atoms. The molecule has 12 heavy (non-hydrogen) atoms. The Labute approximate surface area is 70.9 Å². The summed E-state index contributed by atoms with van der Waals surface area (Å²) in [6, 6.07) is 0. The van der Waals surface area contributed by atoms with E-state index in [1.807, 2.05) is 0 Å². The van der Waals surface area contributed by atoms with Crippen molar-refractivity contribution in [2.45, 2.75) is 0 Å². The van der Waals surface area contributed by atoms with Crippen LogP contribution in [-0.2, 0) is 15.3 Å². The first kappa shape index (κ1) is 13.8. The Morgan fingerprint density at radius 1 is 1.17 bits per heavy atom. The van der Waals surface area contributed by atoms with Gasteiger partial charge in [-0.05, 0) is 0 Å². The Bertz CT molecular complexity index is 195. The van der Waals surface area contributed by atoms with E-state index in [-0.39, 0.29) is 0 Å². The minimum atomic E-state index is -5.67. The summed E-state index contributed by atoms with van der Waals surface area (Å²) in [6.07, 6.45) is 3.42. The van der Waals surface area contributed by atoms with Gasteiger partial charge in [-0.2, -0.15) is 8.42 Å². The highest BCUT2D eigenvalue weighted by molar-refractivity contribution is 7.81. The molecule has 0 aliphatic carbocycles. The van der Waals surface area contributed by atoms with Gasteiger partial charge in [0, 0.05) is 0 Å². The molecule has 0 aromatic heterocycles. The fourth-order valence-corrected chi connectivity index (χ4v) is 0.235. The van der Waals surface area contributed by atoms with Crippen LogP contribution >= 0.6 is 0 Å². The average Bonchev–Trinajstić information content (AvgIpc) is 1.85. The first-order valence-corrected chi connectivity index (χ1v) is 4.14. The van der Waals surface area contributed by atoms with Crippen LogP contribution in [-0.4, -0.2) is 21.6 Å². The Kier molecular flexibility index (Phi) is 9.61. The first-order chi connectivity index (χ1) is 5.41. The molecule has 0 aliphatic heterocycles. The third-order valence-corrected chi connectivity index (χ3v) is 0.471. The van der Waals surface area contributed by atoms with Crippen molar-refractivity contribution in [1.82, 2.24) is 0 Å². The van der Waals surface area contributed by atoms with Crippen LogP contribution in [0.3, 0.4) is 0 Å². The van der Waals surface area contributed by atoms with Gasteiger partial charge in [0.25, 0.3) is 0 Å². The van der Waals surface area contributed by atoms with Crippen molar-refractivity contribution in [3.05, 3.63) is 25.3 Å². The Balaban J connectivity index is 0. The second-order valence-corrected chi connectivity index (χ2v) is 2.25. The molecule has 72 valence electrons. The molecule has 0 rings (SSSR count). The van der Waals surface area contributed by atoms with Crippen molar-refractivity contribution in [2.75, 3.05) is 13.2 Å². The van der Waals surface area contributed by atoms with Gasteiger partial charge in [-0.25, -0.2) is 0 Å². The van der Waals surface area contributed by atoms with E-state index in [0.717, 1.165) is 0 Å². The number of halogens is 2. The van der Waals surface area contributed by atoms with E-state index >= 15 is 0 Å². The molecule has 3 nitrogen and oxygen atoms in total. The topological polar surface area (TPSA) is 43.4 Å². The molecule has 0 atom stereocenters. The lowest BCUT2D eigenvalue weighted by Crippen LogP contribution is -1.87. The van der Waals surface area contributed by atoms with E-state index in [0.29, 0.717) is 13.2 Å². The molecule has 0 saturated heterocycles. The largest absolute Gasteiger partial charge is 0.476 e. The summed E-state index contributed by atoms with van der Waals surface area (Å²) in [5.41, 5.74) is 0. The Morgan fingerprint density at radius 2 is 1.42 bits per heavy atom. The summed E-state index contributed by atoms with van der Waals surface area (Å²) in [5.74, 6) is 0. The van der Waals surface area contributed by atoms with Crippen molar-refractivity contribution >= 4 is 10.6 Å². The van der Waals surface area contributed by atoms with E-state index in [9.17, 15) is 7.77 Å². The summed E-state index contributed by atoms with van der Waals surface area (Å²) in [6.45, 7) is 8.18. The monoisotopic (exact) mass is 200 g/mol. The molecule has 0 aliphatic rings. The van der Waals surface area contributed by atoms with Crippen LogP contribution in [0.4, 0.5) is 7.77 Å². The van der Waals surface area contributed by atoms with Crippen LogP contribution < -0.4 is 0 Å². The quantitative estimate of drug-likeness (QED) is 0.393. The smallest absolute Gasteiger partial charge is 0.373 e. The van der Waals surface area contributed by atoms with Crippen molar-refractivity contribution in [1.29, 1.82) is 0 Å². The highest BCUT2D eigenvalue weighted by Crippen LogP contribution is 1.85. The van der Waals surface area contributed by atoms with Gasteiger partial charge in [0.15, 0.2) is 0 Å². The normalized spacial score (nSPS) is 9.50. The van der Waals surface area contributed by atoms with E-state index in [1.54, 1.807) is 12.2 Å². The van der Waals surface area contributed by atoms with Gasteiger partial charge >= 0.3 is 10.6 Å². The van der Waals surface area contributed by atoms with Crippen LogP contribution in [0, 0.1) is 0 Å². The summed E-state index contributed by atoms with van der Waals surface area (Å²) < 4.78 is 41.5. The van der Waals surface area contributed by atoms with Crippen LogP contribution in [0.15, 0.2) is 25.3 Å². The minimum absolute atomic E-state index is 0.617. The maximum Gasteiger partial charge on any atom is 0.476 e. The predicted octanol–water partition coefficient (Wildman–Crippen LogP) is 1.55. The molecule has 0 unspecified atom stereocenters. The summed E-state index contributed by atoms with van der Waals surface area (Å²) in [4.78, 5) is 0. The van der Waals surface area contributed by atoms with Gasteiger partial charge in [-0.3, -0.25) is 0 Å². The van der Waals surface area contributed by atoms with E-state index in [2.05, 4.69) is 13.2 Å². The number of hydrogen-bond acceptors (Lipinski definition) is 3. The average molecular weight is 200 g/mol. The molecule has 0 N–H and O–H groups in total. The van der Waals surface area contributed by atoms with Gasteiger partial charge in [0.1, 0.15) is 0 Å². The molecule has 6 heteroatoms. The van der Waals surface area contributed by atoms with Crippen LogP contribution in [0.1, 0.15) is 0 Å². The summed E-state index contributed by atoms with van der Waals surface area (Å²) in [7, 11) is -5.67. The lowest BCUT2D eigenvalue weighted by atomic mass is 10.6. The zero-order chi connectivity index (χ0) is 10.0. The fourth-order valence-electron chi connectivity index (χ4n) is 0.235. The molecule has 0 radical (unpaired) electrons. The van der Waals surface area contributed by atoms with Crippen molar-refractivity contribution in [3.8, 4) is 0 Å². The lowest BCUT2D eigenvalue weighted by Gasteiger charge is -1.89. The SMILES string of the molecule is C=CCOCC=C.O=S(=O)(F)F. The minimum Gasteiger partial charge on any atom is -0.373 e. The van der Waals surface area contributed by atoms with Crippen LogP contribution in [0.25, 0.3) is 0 Å². The van der Waals surface area contributed by atoms with Gasteiger partial charge in [0.05, 0.1) is 13.2 Å². The van der Waals surface area contributed by atoms with Gasteiger partial charge in [0.2, 0.25) is 0 Å². The highest BCUT2D eigenvalue weighted by atomic mass is 32.3. The van der Waals surface area contributed by atoms with Crippen molar-refractivity contribution in [3.63, 3.8) is 0 Å². The van der Waals surface area contributed by atoms with Gasteiger partial charge in [-0.1, -0.05) is 19.9 Å². The molecule has 0 aromatic rings. The molecular formula is C6H10F2O3S. The van der Waals surface area contributed by atoms with Crippen molar-refractivity contribution in [2.24, 2.45) is 0 Å². The first-order valence-electron chi connectivity index (χ1n) is 2.85. The molecule has 0 heterocycles. The summed E-state index contributed by atoms with van der Waals surface area (Å²) >= 11 is 0. The van der Waals surface area contributed by atoms with E-state index < -0.39 is 10.6 Å². The lowest BCUT2D eigenvalue weighted by molar-refractivity contribution is 0.194. The zero-order valence-electron chi connectivity index (χ0n) is 6.37. The fraction of sp³-hybridized carbons (Fsp3) is 0.333. The Hall–Kier alpha value is -0.750. The summed E-state index contributed by atoms with van der Waals surface area (Å²) in [5, 5.41) is 0. The van der Waals surface area contributed by atoms with Gasteiger partial charge in [-0.15, -0.1) is 13.2 Å². The zero-order valence-corrected chi connectivity index (χ0v) is 7.19. The maximum atomic E-state index is 9.99. The number of rotatable bonds is 4. The maximum absolute atomic E-state index is 9.99. The molecule has 0 fully saturated rings. The highest BCUT2D eigenvalue weighted by Gasteiger charge is 1.94. The second kappa shape index (κ2) is 8.35. The van der Waals surface area contributed by atoms with E-state index in [4.69, 9.17) is 13.2 Å².